The molecule has 1 aliphatic heterocycles. The number of hydrogen-bond donors (Lipinski definition) is 0. The lowest BCUT2D eigenvalue weighted by atomic mass is 10.2. The van der Waals surface area contributed by atoms with Crippen LogP contribution in [0, 0.1) is 0 Å². The van der Waals surface area contributed by atoms with E-state index >= 15 is 0 Å². The van der Waals surface area contributed by atoms with Gasteiger partial charge in [0.25, 0.3) is 0 Å². The van der Waals surface area contributed by atoms with E-state index < -0.39 is 9.84 Å². The third-order valence-electron chi connectivity index (χ3n) is 3.13. The maximum absolute atomic E-state index is 11.9. The second-order valence-electron chi connectivity index (χ2n) is 4.42. The van der Waals surface area contributed by atoms with E-state index in [2.05, 4.69) is 0 Å². The van der Waals surface area contributed by atoms with Crippen LogP contribution >= 0.6 is 0 Å². The Morgan fingerprint density at radius 1 is 1.41 bits per heavy atom. The summed E-state index contributed by atoms with van der Waals surface area (Å²) in [5.74, 6) is 0.239. The number of amides is 1. The molecule has 2 rings (SSSR count). The van der Waals surface area contributed by atoms with E-state index in [-0.39, 0.29) is 30.0 Å². The maximum atomic E-state index is 11.9. The second-order valence-corrected chi connectivity index (χ2v) is 6.65. The van der Waals surface area contributed by atoms with Crippen molar-refractivity contribution in [3.05, 3.63) is 24.5 Å². The standard InChI is InChI=1S/C11H16N2O3S/c1-12(10-4-7-17(15,16)9-10)11(14)8-13-5-2-3-6-13/h2-3,5-6,10H,4,7-9H2,1H3. The Morgan fingerprint density at radius 3 is 2.59 bits per heavy atom. The van der Waals surface area contributed by atoms with Gasteiger partial charge in [-0.3, -0.25) is 4.79 Å². The quantitative estimate of drug-likeness (QED) is 0.772. The molecule has 0 spiro atoms. The van der Waals surface area contributed by atoms with Gasteiger partial charge in [0, 0.05) is 25.5 Å². The summed E-state index contributed by atoms with van der Waals surface area (Å²) in [6.07, 6.45) is 4.19. The number of rotatable bonds is 3. The van der Waals surface area contributed by atoms with Crippen LogP contribution < -0.4 is 0 Å². The first-order chi connectivity index (χ1) is 7.98. The van der Waals surface area contributed by atoms with E-state index in [0.717, 1.165) is 0 Å². The Labute approximate surface area is 101 Å². The van der Waals surface area contributed by atoms with Crippen molar-refractivity contribution < 1.29 is 13.2 Å². The number of carbonyl (C=O) groups is 1. The smallest absolute Gasteiger partial charge is 0.242 e. The molecule has 6 heteroatoms. The molecule has 0 N–H and O–H groups in total. The fraction of sp³-hybridized carbons (Fsp3) is 0.545. The summed E-state index contributed by atoms with van der Waals surface area (Å²) in [7, 11) is -1.26. The molecule has 0 aliphatic carbocycles. The van der Waals surface area contributed by atoms with Crippen molar-refractivity contribution in [1.29, 1.82) is 0 Å². The van der Waals surface area contributed by atoms with Gasteiger partial charge in [0.2, 0.25) is 5.91 Å². The minimum absolute atomic E-state index is 0.0525. The molecule has 1 saturated heterocycles. The van der Waals surface area contributed by atoms with Crippen LogP contribution in [0.15, 0.2) is 24.5 Å². The van der Waals surface area contributed by atoms with Crippen LogP contribution in [0.1, 0.15) is 6.42 Å². The average molecular weight is 256 g/mol. The van der Waals surface area contributed by atoms with Gasteiger partial charge in [-0.1, -0.05) is 0 Å². The lowest BCUT2D eigenvalue weighted by Gasteiger charge is -2.23. The van der Waals surface area contributed by atoms with Gasteiger partial charge in [0.1, 0.15) is 6.54 Å². The Bertz CT molecular complexity index is 493. The molecule has 0 radical (unpaired) electrons. The van der Waals surface area contributed by atoms with Crippen LogP contribution in [0.25, 0.3) is 0 Å². The van der Waals surface area contributed by atoms with Gasteiger partial charge in [-0.25, -0.2) is 8.42 Å². The van der Waals surface area contributed by atoms with Crippen molar-refractivity contribution >= 4 is 15.7 Å². The Balaban J connectivity index is 1.96. The lowest BCUT2D eigenvalue weighted by Crippen LogP contribution is -2.39. The van der Waals surface area contributed by atoms with Crippen LogP contribution in [0.3, 0.4) is 0 Å². The molecule has 0 saturated carbocycles. The lowest BCUT2D eigenvalue weighted by molar-refractivity contribution is -0.132. The third kappa shape index (κ3) is 2.88. The second kappa shape index (κ2) is 4.52. The highest BCUT2D eigenvalue weighted by Gasteiger charge is 2.32. The predicted octanol–water partition coefficient (Wildman–Crippen LogP) is 0.134. The molecule has 2 heterocycles. The Kier molecular flexibility index (Phi) is 3.24. The summed E-state index contributed by atoms with van der Waals surface area (Å²) in [5, 5.41) is 0. The molecule has 1 amide bonds. The van der Waals surface area contributed by atoms with E-state index in [1.165, 1.54) is 0 Å². The van der Waals surface area contributed by atoms with Gasteiger partial charge >= 0.3 is 0 Å². The normalized spacial score (nSPS) is 22.5. The number of carbonyl (C=O) groups excluding carboxylic acids is 1. The molecule has 5 nitrogen and oxygen atoms in total. The largest absolute Gasteiger partial charge is 0.345 e. The predicted molar refractivity (Wildman–Crippen MR) is 64.3 cm³/mol. The molecule has 94 valence electrons. The highest BCUT2D eigenvalue weighted by atomic mass is 32.2. The van der Waals surface area contributed by atoms with Gasteiger partial charge in [0.15, 0.2) is 9.84 Å². The van der Waals surface area contributed by atoms with Crippen molar-refractivity contribution in [3.63, 3.8) is 0 Å². The highest BCUT2D eigenvalue weighted by molar-refractivity contribution is 7.91. The van der Waals surface area contributed by atoms with E-state index in [4.69, 9.17) is 0 Å². The topological polar surface area (TPSA) is 59.4 Å². The zero-order valence-electron chi connectivity index (χ0n) is 9.74. The first-order valence-corrected chi connectivity index (χ1v) is 7.37. The molecule has 1 atom stereocenters. The van der Waals surface area contributed by atoms with Gasteiger partial charge in [-0.05, 0) is 18.6 Å². The SMILES string of the molecule is CN(C(=O)Cn1cccc1)C1CCS(=O)(=O)C1. The fourth-order valence-electron chi connectivity index (χ4n) is 2.03. The fourth-order valence-corrected chi connectivity index (χ4v) is 3.80. The Hall–Kier alpha value is -1.30. The first kappa shape index (κ1) is 12.2. The first-order valence-electron chi connectivity index (χ1n) is 5.55. The number of nitrogens with zero attached hydrogens (tertiary/aromatic N) is 2. The summed E-state index contributed by atoms with van der Waals surface area (Å²) in [6, 6.07) is 3.55. The molecule has 1 aromatic heterocycles. The molecule has 1 fully saturated rings. The van der Waals surface area contributed by atoms with E-state index in [1.807, 2.05) is 24.5 Å². The number of likely N-dealkylation sites (N-methyl/N-ethyl adjacent to an activating group) is 1. The molecular formula is C11H16N2O3S. The average Bonchev–Trinajstić information content (AvgIpc) is 2.86. The number of aromatic nitrogens is 1. The van der Waals surface area contributed by atoms with E-state index in [1.54, 1.807) is 16.5 Å². The zero-order valence-corrected chi connectivity index (χ0v) is 10.6. The van der Waals surface area contributed by atoms with Crippen molar-refractivity contribution in [2.45, 2.75) is 19.0 Å². The van der Waals surface area contributed by atoms with Gasteiger partial charge in [0.05, 0.1) is 11.5 Å². The number of hydrogen-bond acceptors (Lipinski definition) is 3. The third-order valence-corrected chi connectivity index (χ3v) is 4.88. The van der Waals surface area contributed by atoms with E-state index in [0.29, 0.717) is 6.42 Å². The molecule has 1 unspecified atom stereocenters. The molecule has 0 aromatic carbocycles. The summed E-state index contributed by atoms with van der Waals surface area (Å²) >= 11 is 0. The van der Waals surface area contributed by atoms with Crippen LogP contribution in [-0.2, 0) is 21.2 Å². The minimum atomic E-state index is -2.94. The van der Waals surface area contributed by atoms with Crippen LogP contribution in [0.2, 0.25) is 0 Å². The number of sulfone groups is 1. The van der Waals surface area contributed by atoms with Gasteiger partial charge < -0.3 is 9.47 Å². The van der Waals surface area contributed by atoms with Crippen molar-refractivity contribution in [1.82, 2.24) is 9.47 Å². The monoisotopic (exact) mass is 256 g/mol. The summed E-state index contributed by atoms with van der Waals surface area (Å²) in [6.45, 7) is 0.264. The minimum Gasteiger partial charge on any atom is -0.345 e. The molecular weight excluding hydrogens is 240 g/mol. The summed E-state index contributed by atoms with van der Waals surface area (Å²) < 4.78 is 24.5. The Morgan fingerprint density at radius 2 is 2.06 bits per heavy atom. The molecule has 0 bridgehead atoms. The van der Waals surface area contributed by atoms with Crippen molar-refractivity contribution in [3.8, 4) is 0 Å². The van der Waals surface area contributed by atoms with Crippen LogP contribution in [0.4, 0.5) is 0 Å². The van der Waals surface area contributed by atoms with Gasteiger partial charge in [-0.2, -0.15) is 0 Å². The zero-order chi connectivity index (χ0) is 12.5. The summed E-state index contributed by atoms with van der Waals surface area (Å²) in [5.41, 5.74) is 0. The maximum Gasteiger partial charge on any atom is 0.242 e. The van der Waals surface area contributed by atoms with Crippen molar-refractivity contribution in [2.24, 2.45) is 0 Å². The molecule has 1 aliphatic rings. The van der Waals surface area contributed by atoms with Crippen molar-refractivity contribution in [2.75, 3.05) is 18.6 Å². The van der Waals surface area contributed by atoms with Gasteiger partial charge in [-0.15, -0.1) is 0 Å². The summed E-state index contributed by atoms with van der Waals surface area (Å²) in [4.78, 5) is 13.5. The molecule has 1 aromatic rings. The van der Waals surface area contributed by atoms with E-state index in [9.17, 15) is 13.2 Å². The van der Waals surface area contributed by atoms with Crippen LogP contribution in [0.5, 0.6) is 0 Å². The van der Waals surface area contributed by atoms with Crippen LogP contribution in [-0.4, -0.2) is 48.4 Å². The molecule has 17 heavy (non-hydrogen) atoms. The highest BCUT2D eigenvalue weighted by Crippen LogP contribution is 2.16.